The summed E-state index contributed by atoms with van der Waals surface area (Å²) in [5.41, 5.74) is 0. The van der Waals surface area contributed by atoms with E-state index >= 15 is 0 Å². The Kier molecular flexibility index (Phi) is 48.0. The third-order valence-electron chi connectivity index (χ3n) is 10.6. The van der Waals surface area contributed by atoms with Crippen LogP contribution in [-0.2, 0) is 28.6 Å². The lowest BCUT2D eigenvalue weighted by molar-refractivity contribution is -0.167. The van der Waals surface area contributed by atoms with Gasteiger partial charge in [0.05, 0.1) is 0 Å². The molecule has 0 aromatic heterocycles. The van der Waals surface area contributed by atoms with Crippen LogP contribution in [0.15, 0.2) is 97.2 Å². The molecule has 0 aliphatic heterocycles. The molecule has 0 amide bonds. The molecule has 0 aliphatic carbocycles. The fraction of sp³-hybridized carbons (Fsp3) is 0.667. The van der Waals surface area contributed by atoms with Gasteiger partial charge in [0, 0.05) is 19.3 Å². The summed E-state index contributed by atoms with van der Waals surface area (Å²) >= 11 is 0. The molecule has 6 heteroatoms. The van der Waals surface area contributed by atoms with Crippen molar-refractivity contribution in [1.82, 2.24) is 0 Å². The van der Waals surface area contributed by atoms with E-state index in [1.165, 1.54) is 51.4 Å². The number of allylic oxidation sites excluding steroid dienone is 16. The van der Waals surface area contributed by atoms with Crippen molar-refractivity contribution in [2.75, 3.05) is 13.2 Å². The van der Waals surface area contributed by atoms with E-state index in [9.17, 15) is 14.4 Å². The van der Waals surface area contributed by atoms with Gasteiger partial charge < -0.3 is 14.2 Å². The fourth-order valence-electron chi connectivity index (χ4n) is 6.70. The van der Waals surface area contributed by atoms with Crippen molar-refractivity contribution in [3.8, 4) is 0 Å². The third-order valence-corrected chi connectivity index (χ3v) is 10.6. The van der Waals surface area contributed by atoms with Gasteiger partial charge in [0.25, 0.3) is 0 Å². The molecule has 0 rings (SSSR count). The average Bonchev–Trinajstić information content (AvgIpc) is 3.28. The largest absolute Gasteiger partial charge is 0.462 e. The summed E-state index contributed by atoms with van der Waals surface area (Å²) in [6, 6.07) is 0. The van der Waals surface area contributed by atoms with E-state index < -0.39 is 6.10 Å². The van der Waals surface area contributed by atoms with Crippen LogP contribution in [0.4, 0.5) is 0 Å². The van der Waals surface area contributed by atoms with Crippen LogP contribution < -0.4 is 0 Å². The first-order valence-corrected chi connectivity index (χ1v) is 25.7. The minimum absolute atomic E-state index is 0.0890. The second-order valence-electron chi connectivity index (χ2n) is 16.7. The van der Waals surface area contributed by atoms with E-state index in [0.717, 1.165) is 135 Å². The number of esters is 3. The maximum absolute atomic E-state index is 12.7. The first-order valence-electron chi connectivity index (χ1n) is 25.7. The Morgan fingerprint density at radius 3 is 1.02 bits per heavy atom. The summed E-state index contributed by atoms with van der Waals surface area (Å²) in [5.74, 6) is -0.933. The Morgan fingerprint density at radius 2 is 0.635 bits per heavy atom. The highest BCUT2D eigenvalue weighted by molar-refractivity contribution is 5.71. The summed E-state index contributed by atoms with van der Waals surface area (Å²) < 4.78 is 16.7. The normalized spacial score (nSPS) is 12.9. The number of ether oxygens (including phenoxy) is 3. The quantitative estimate of drug-likeness (QED) is 0.0262. The maximum atomic E-state index is 12.7. The molecule has 0 saturated carbocycles. The first kappa shape index (κ1) is 59.3. The van der Waals surface area contributed by atoms with E-state index in [4.69, 9.17) is 14.2 Å². The molecule has 0 aliphatic rings. The molecule has 6 nitrogen and oxygen atoms in total. The van der Waals surface area contributed by atoms with Gasteiger partial charge in [0.2, 0.25) is 0 Å². The number of hydrogen-bond donors (Lipinski definition) is 0. The monoisotopic (exact) mass is 875 g/mol. The molecule has 1 atom stereocenters. The molecule has 0 aromatic rings. The predicted molar refractivity (Wildman–Crippen MR) is 270 cm³/mol. The molecule has 0 heterocycles. The Morgan fingerprint density at radius 1 is 0.333 bits per heavy atom. The number of rotatable bonds is 45. The van der Waals surface area contributed by atoms with Crippen LogP contribution in [0.3, 0.4) is 0 Å². The Hall–Kier alpha value is -3.67. The van der Waals surface area contributed by atoms with Gasteiger partial charge in [0.1, 0.15) is 13.2 Å². The summed E-state index contributed by atoms with van der Waals surface area (Å²) in [6.45, 7) is 6.38. The van der Waals surface area contributed by atoms with Crippen LogP contribution >= 0.6 is 0 Å². The molecule has 63 heavy (non-hydrogen) atoms. The van der Waals surface area contributed by atoms with Gasteiger partial charge in [-0.1, -0.05) is 208 Å². The highest BCUT2D eigenvalue weighted by atomic mass is 16.6. The zero-order valence-corrected chi connectivity index (χ0v) is 40.8. The molecule has 358 valence electrons. The lowest BCUT2D eigenvalue weighted by Gasteiger charge is -2.18. The molecule has 1 unspecified atom stereocenters. The van der Waals surface area contributed by atoms with Gasteiger partial charge in [-0.25, -0.2) is 0 Å². The van der Waals surface area contributed by atoms with Crippen LogP contribution in [0.5, 0.6) is 0 Å². The van der Waals surface area contributed by atoms with Gasteiger partial charge in [-0.3, -0.25) is 14.4 Å². The highest BCUT2D eigenvalue weighted by Gasteiger charge is 2.19. The molecule has 0 N–H and O–H groups in total. The second-order valence-corrected chi connectivity index (χ2v) is 16.7. The van der Waals surface area contributed by atoms with Crippen molar-refractivity contribution in [3.63, 3.8) is 0 Å². The van der Waals surface area contributed by atoms with Gasteiger partial charge in [-0.15, -0.1) is 0 Å². The fourth-order valence-corrected chi connectivity index (χ4v) is 6.70. The smallest absolute Gasteiger partial charge is 0.306 e. The standard InChI is InChI=1S/C57H94O6/c1-4-7-10-13-16-18-20-22-24-25-26-27-28-29-30-31-32-33-34-36-37-39-41-44-47-50-56(59)62-53-54(52-61-55(58)49-46-43-15-12-9-6-3)63-57(60)51-48-45-42-40-38-35-23-21-19-17-14-11-8-5-2/h7,10,14,16-18,21-24,26-27,29-30,32-33,54H,4-6,8-9,11-13,15,19-20,25,28,31,34-53H2,1-3H3/b10-7-,17-14-,18-16-,23-21-,24-22-,27-26-,30-29-,33-32-. The molecule has 0 bridgehead atoms. The van der Waals surface area contributed by atoms with Crippen molar-refractivity contribution >= 4 is 17.9 Å². The Balaban J connectivity index is 4.23. The molecule has 0 radical (unpaired) electrons. The summed E-state index contributed by atoms with van der Waals surface area (Å²) in [6.07, 6.45) is 67.0. The van der Waals surface area contributed by atoms with Gasteiger partial charge >= 0.3 is 17.9 Å². The molecule has 0 aromatic carbocycles. The van der Waals surface area contributed by atoms with Crippen molar-refractivity contribution in [2.24, 2.45) is 0 Å². The molecule has 0 saturated heterocycles. The number of carbonyl (C=O) groups excluding carboxylic acids is 3. The van der Waals surface area contributed by atoms with E-state index in [-0.39, 0.29) is 31.1 Å². The van der Waals surface area contributed by atoms with Crippen molar-refractivity contribution in [3.05, 3.63) is 97.2 Å². The van der Waals surface area contributed by atoms with Crippen molar-refractivity contribution in [2.45, 2.75) is 232 Å². The zero-order chi connectivity index (χ0) is 45.8. The topological polar surface area (TPSA) is 78.9 Å². The first-order chi connectivity index (χ1) is 31.0. The molecule has 0 spiro atoms. The van der Waals surface area contributed by atoms with Crippen LogP contribution in [0.25, 0.3) is 0 Å². The van der Waals surface area contributed by atoms with E-state index in [0.29, 0.717) is 19.3 Å². The minimum atomic E-state index is -0.788. The van der Waals surface area contributed by atoms with Crippen LogP contribution in [0, 0.1) is 0 Å². The molecular formula is C57H94O6. The lowest BCUT2D eigenvalue weighted by atomic mass is 10.1. The SMILES string of the molecule is CC/C=C\C/C=C\C/C=C\C/C=C\C/C=C\C/C=C\CCCCCCCCC(=O)OCC(COC(=O)CCCCCCCC)OC(=O)CCCCCCC/C=C\C/C=C\CCCC. The van der Waals surface area contributed by atoms with Gasteiger partial charge in [0.15, 0.2) is 6.10 Å². The lowest BCUT2D eigenvalue weighted by Crippen LogP contribution is -2.30. The van der Waals surface area contributed by atoms with E-state index in [1.54, 1.807) is 0 Å². The van der Waals surface area contributed by atoms with Crippen LogP contribution in [0.1, 0.15) is 226 Å². The van der Waals surface area contributed by atoms with Crippen molar-refractivity contribution in [1.29, 1.82) is 0 Å². The van der Waals surface area contributed by atoms with Crippen LogP contribution in [-0.4, -0.2) is 37.2 Å². The predicted octanol–water partition coefficient (Wildman–Crippen LogP) is 17.0. The minimum Gasteiger partial charge on any atom is -0.462 e. The Labute approximate surface area is 387 Å². The average molecular weight is 875 g/mol. The highest BCUT2D eigenvalue weighted by Crippen LogP contribution is 2.13. The van der Waals surface area contributed by atoms with Crippen LogP contribution in [0.2, 0.25) is 0 Å². The summed E-state index contributed by atoms with van der Waals surface area (Å²) in [4.78, 5) is 37.7. The molecule has 0 fully saturated rings. The summed E-state index contributed by atoms with van der Waals surface area (Å²) in [7, 11) is 0. The zero-order valence-electron chi connectivity index (χ0n) is 40.8. The van der Waals surface area contributed by atoms with Crippen molar-refractivity contribution < 1.29 is 28.6 Å². The second kappa shape index (κ2) is 51.0. The van der Waals surface area contributed by atoms with E-state index in [1.807, 2.05) is 0 Å². The summed E-state index contributed by atoms with van der Waals surface area (Å²) in [5, 5.41) is 0. The van der Waals surface area contributed by atoms with E-state index in [2.05, 4.69) is 118 Å². The molecular weight excluding hydrogens is 781 g/mol. The Bertz CT molecular complexity index is 1280. The van der Waals surface area contributed by atoms with Gasteiger partial charge in [-0.05, 0) is 96.3 Å². The maximum Gasteiger partial charge on any atom is 0.306 e. The van der Waals surface area contributed by atoms with Gasteiger partial charge in [-0.2, -0.15) is 0 Å². The number of carbonyl (C=O) groups is 3. The third kappa shape index (κ3) is 49.2. The number of unbranched alkanes of at least 4 members (excludes halogenated alkanes) is 18. The number of hydrogen-bond acceptors (Lipinski definition) is 6.